The Hall–Kier alpha value is -2.25. The molecule has 6 nitrogen and oxygen atoms in total. The van der Waals surface area contributed by atoms with Crippen LogP contribution in [-0.4, -0.2) is 55.5 Å². The van der Waals surface area contributed by atoms with E-state index in [2.05, 4.69) is 10.1 Å². The molecule has 162 valence electrons. The maximum atomic E-state index is 13.2. The Morgan fingerprint density at radius 1 is 1.37 bits per heavy atom. The van der Waals surface area contributed by atoms with Crippen molar-refractivity contribution in [3.63, 3.8) is 0 Å². The standard InChI is InChI=1S/C23H29FN2O4/c1-2-29-22(27)23(9-3-10-26(16-23)14-17-8-11-28-15-17)13-20-12-21(25-30-20)18-4-6-19(24)7-5-18/h4-7,12,17H,2-3,8-11,13-16H2,1H3. The van der Waals surface area contributed by atoms with Gasteiger partial charge in [-0.15, -0.1) is 0 Å². The number of halogens is 1. The van der Waals surface area contributed by atoms with Crippen molar-refractivity contribution in [2.45, 2.75) is 32.6 Å². The van der Waals surface area contributed by atoms with Crippen molar-refractivity contribution in [2.24, 2.45) is 11.3 Å². The van der Waals surface area contributed by atoms with Crippen LogP contribution in [0.5, 0.6) is 0 Å². The van der Waals surface area contributed by atoms with Gasteiger partial charge in [0.1, 0.15) is 17.3 Å². The maximum Gasteiger partial charge on any atom is 0.313 e. The van der Waals surface area contributed by atoms with Crippen LogP contribution in [0.15, 0.2) is 34.9 Å². The summed E-state index contributed by atoms with van der Waals surface area (Å²) in [7, 11) is 0. The summed E-state index contributed by atoms with van der Waals surface area (Å²) in [6, 6.07) is 7.98. The largest absolute Gasteiger partial charge is 0.466 e. The molecule has 0 radical (unpaired) electrons. The van der Waals surface area contributed by atoms with Crippen LogP contribution in [-0.2, 0) is 20.7 Å². The van der Waals surface area contributed by atoms with Crippen molar-refractivity contribution < 1.29 is 23.2 Å². The van der Waals surface area contributed by atoms with Gasteiger partial charge in [0.15, 0.2) is 0 Å². The number of aromatic nitrogens is 1. The smallest absolute Gasteiger partial charge is 0.313 e. The van der Waals surface area contributed by atoms with E-state index in [0.29, 0.717) is 36.9 Å². The number of esters is 1. The Bertz CT molecular complexity index is 847. The van der Waals surface area contributed by atoms with Gasteiger partial charge in [-0.05, 0) is 62.9 Å². The molecule has 2 saturated heterocycles. The number of carbonyl (C=O) groups excluding carboxylic acids is 1. The highest BCUT2D eigenvalue weighted by atomic mass is 19.1. The average molecular weight is 416 g/mol. The molecule has 2 aliphatic rings. The summed E-state index contributed by atoms with van der Waals surface area (Å²) in [5, 5.41) is 4.14. The van der Waals surface area contributed by atoms with E-state index in [1.165, 1.54) is 12.1 Å². The third kappa shape index (κ3) is 4.73. The summed E-state index contributed by atoms with van der Waals surface area (Å²) >= 11 is 0. The average Bonchev–Trinajstić information content (AvgIpc) is 3.41. The fourth-order valence-electron chi connectivity index (χ4n) is 4.63. The van der Waals surface area contributed by atoms with E-state index in [4.69, 9.17) is 14.0 Å². The van der Waals surface area contributed by atoms with Crippen molar-refractivity contribution >= 4 is 5.97 Å². The van der Waals surface area contributed by atoms with Crippen LogP contribution in [0, 0.1) is 17.2 Å². The molecule has 0 aliphatic carbocycles. The van der Waals surface area contributed by atoms with Crippen LogP contribution < -0.4 is 0 Å². The zero-order valence-electron chi connectivity index (χ0n) is 17.4. The molecule has 1 aromatic carbocycles. The SMILES string of the molecule is CCOC(=O)C1(Cc2cc(-c3ccc(F)cc3)no2)CCCN(CC2CCOC2)C1. The van der Waals surface area contributed by atoms with E-state index in [1.807, 2.05) is 13.0 Å². The number of hydrogen-bond donors (Lipinski definition) is 0. The van der Waals surface area contributed by atoms with Crippen LogP contribution in [0.1, 0.15) is 31.9 Å². The van der Waals surface area contributed by atoms with Gasteiger partial charge in [-0.25, -0.2) is 4.39 Å². The lowest BCUT2D eigenvalue weighted by atomic mass is 9.76. The molecule has 0 saturated carbocycles. The van der Waals surface area contributed by atoms with Crippen LogP contribution in [0.4, 0.5) is 4.39 Å². The highest BCUT2D eigenvalue weighted by molar-refractivity contribution is 5.77. The molecule has 2 aromatic rings. The van der Waals surface area contributed by atoms with E-state index in [-0.39, 0.29) is 11.8 Å². The zero-order chi connectivity index (χ0) is 21.0. The lowest BCUT2D eigenvalue weighted by molar-refractivity contribution is -0.159. The van der Waals surface area contributed by atoms with E-state index in [1.54, 1.807) is 12.1 Å². The second-order valence-corrected chi connectivity index (χ2v) is 8.43. The minimum atomic E-state index is -0.646. The number of ether oxygens (including phenoxy) is 2. The molecule has 2 unspecified atom stereocenters. The van der Waals surface area contributed by atoms with Gasteiger partial charge in [0.25, 0.3) is 0 Å². The molecule has 0 bridgehead atoms. The minimum absolute atomic E-state index is 0.169. The molecule has 1 aromatic heterocycles. The number of piperidine rings is 1. The third-order valence-electron chi connectivity index (χ3n) is 6.12. The number of hydrogen-bond acceptors (Lipinski definition) is 6. The highest BCUT2D eigenvalue weighted by Gasteiger charge is 2.45. The van der Waals surface area contributed by atoms with Gasteiger partial charge in [0.05, 0.1) is 18.6 Å². The summed E-state index contributed by atoms with van der Waals surface area (Å²) in [6.07, 6.45) is 3.21. The summed E-state index contributed by atoms with van der Waals surface area (Å²) in [5.74, 6) is 0.711. The second-order valence-electron chi connectivity index (χ2n) is 8.43. The fraction of sp³-hybridized carbons (Fsp3) is 0.565. The van der Waals surface area contributed by atoms with E-state index < -0.39 is 5.41 Å². The van der Waals surface area contributed by atoms with E-state index in [9.17, 15) is 9.18 Å². The number of benzene rings is 1. The Kier molecular flexibility index (Phi) is 6.49. The van der Waals surface area contributed by atoms with Gasteiger partial charge in [0.2, 0.25) is 0 Å². The molecule has 3 heterocycles. The second kappa shape index (κ2) is 9.27. The molecule has 0 spiro atoms. The van der Waals surface area contributed by atoms with Crippen LogP contribution in [0.3, 0.4) is 0 Å². The summed E-state index contributed by atoms with van der Waals surface area (Å²) < 4.78 is 29.8. The first-order chi connectivity index (χ1) is 14.6. The number of nitrogens with zero attached hydrogens (tertiary/aromatic N) is 2. The van der Waals surface area contributed by atoms with Gasteiger partial charge in [-0.2, -0.15) is 0 Å². The molecule has 2 aliphatic heterocycles. The molecule has 30 heavy (non-hydrogen) atoms. The number of rotatable bonds is 7. The van der Waals surface area contributed by atoms with E-state index in [0.717, 1.165) is 51.1 Å². The molecule has 0 N–H and O–H groups in total. The van der Waals surface area contributed by atoms with Crippen molar-refractivity contribution in [3.05, 3.63) is 41.9 Å². The van der Waals surface area contributed by atoms with Crippen LogP contribution in [0.25, 0.3) is 11.3 Å². The predicted octanol–water partition coefficient (Wildman–Crippen LogP) is 3.71. The summed E-state index contributed by atoms with van der Waals surface area (Å²) in [5.41, 5.74) is 0.774. The minimum Gasteiger partial charge on any atom is -0.466 e. The summed E-state index contributed by atoms with van der Waals surface area (Å²) in [6.45, 7) is 6.39. The third-order valence-corrected chi connectivity index (χ3v) is 6.12. The number of carbonyl (C=O) groups is 1. The van der Waals surface area contributed by atoms with Gasteiger partial charge in [-0.1, -0.05) is 5.16 Å². The lowest BCUT2D eigenvalue weighted by Gasteiger charge is -2.41. The van der Waals surface area contributed by atoms with Crippen molar-refractivity contribution in [1.29, 1.82) is 0 Å². The van der Waals surface area contributed by atoms with Crippen LogP contribution in [0.2, 0.25) is 0 Å². The lowest BCUT2D eigenvalue weighted by Crippen LogP contribution is -2.50. The van der Waals surface area contributed by atoms with Crippen molar-refractivity contribution in [2.75, 3.05) is 39.5 Å². The normalized spacial score (nSPS) is 24.8. The molecule has 7 heteroatoms. The van der Waals surface area contributed by atoms with Gasteiger partial charge < -0.3 is 18.9 Å². The molecular weight excluding hydrogens is 387 g/mol. The Balaban J connectivity index is 1.52. The molecule has 2 atom stereocenters. The highest BCUT2D eigenvalue weighted by Crippen LogP contribution is 2.37. The predicted molar refractivity (Wildman–Crippen MR) is 109 cm³/mol. The first kappa shape index (κ1) is 21.0. The Morgan fingerprint density at radius 3 is 2.93 bits per heavy atom. The zero-order valence-corrected chi connectivity index (χ0v) is 17.4. The molecule has 0 amide bonds. The summed E-state index contributed by atoms with van der Waals surface area (Å²) in [4.78, 5) is 15.4. The Labute approximate surface area is 176 Å². The molecular formula is C23H29FN2O4. The van der Waals surface area contributed by atoms with Gasteiger partial charge >= 0.3 is 5.97 Å². The van der Waals surface area contributed by atoms with Gasteiger partial charge in [0, 0.05) is 37.7 Å². The van der Waals surface area contributed by atoms with Crippen molar-refractivity contribution in [3.8, 4) is 11.3 Å². The molecule has 4 rings (SSSR count). The van der Waals surface area contributed by atoms with Crippen molar-refractivity contribution in [1.82, 2.24) is 10.1 Å². The first-order valence-corrected chi connectivity index (χ1v) is 10.8. The topological polar surface area (TPSA) is 64.8 Å². The number of likely N-dealkylation sites (tertiary alicyclic amines) is 1. The Morgan fingerprint density at radius 2 is 2.20 bits per heavy atom. The quantitative estimate of drug-likeness (QED) is 0.641. The maximum absolute atomic E-state index is 13.2. The van der Waals surface area contributed by atoms with Crippen LogP contribution >= 0.6 is 0 Å². The van der Waals surface area contributed by atoms with Gasteiger partial charge in [-0.3, -0.25) is 4.79 Å². The fourth-order valence-corrected chi connectivity index (χ4v) is 4.63. The monoisotopic (exact) mass is 416 g/mol. The van der Waals surface area contributed by atoms with E-state index >= 15 is 0 Å². The first-order valence-electron chi connectivity index (χ1n) is 10.8. The molecule has 2 fully saturated rings.